The number of hydrogen-bond acceptors (Lipinski definition) is 4. The summed E-state index contributed by atoms with van der Waals surface area (Å²) >= 11 is 0. The highest BCUT2D eigenvalue weighted by Gasteiger charge is 2.12. The van der Waals surface area contributed by atoms with Crippen molar-refractivity contribution in [2.45, 2.75) is 13.5 Å². The van der Waals surface area contributed by atoms with Gasteiger partial charge in [-0.25, -0.2) is 14.0 Å². The molecule has 4 rings (SSSR count). The average Bonchev–Trinajstić information content (AvgIpc) is 3.03. The highest BCUT2D eigenvalue weighted by molar-refractivity contribution is 5.40. The van der Waals surface area contributed by atoms with E-state index >= 15 is 0 Å². The normalized spacial score (nSPS) is 10.7. The predicted octanol–water partition coefficient (Wildman–Crippen LogP) is 4.21. The van der Waals surface area contributed by atoms with Crippen LogP contribution < -0.4 is 15.2 Å². The second-order valence-corrected chi connectivity index (χ2v) is 6.46. The van der Waals surface area contributed by atoms with Crippen molar-refractivity contribution in [3.63, 3.8) is 0 Å². The van der Waals surface area contributed by atoms with Gasteiger partial charge in [0, 0.05) is 0 Å². The minimum absolute atomic E-state index is 0.198. The molecular formula is C23H21N3O3. The van der Waals surface area contributed by atoms with Gasteiger partial charge in [0.05, 0.1) is 12.2 Å². The molecule has 0 N–H and O–H groups in total. The molecule has 0 saturated carbocycles. The number of hydrogen-bond donors (Lipinski definition) is 0. The fourth-order valence-electron chi connectivity index (χ4n) is 3.01. The van der Waals surface area contributed by atoms with E-state index in [-0.39, 0.29) is 5.69 Å². The van der Waals surface area contributed by atoms with Gasteiger partial charge in [0.15, 0.2) is 0 Å². The van der Waals surface area contributed by atoms with Crippen LogP contribution in [0.2, 0.25) is 0 Å². The van der Waals surface area contributed by atoms with Crippen molar-refractivity contribution in [3.8, 4) is 22.9 Å². The van der Waals surface area contributed by atoms with E-state index in [1.807, 2.05) is 91.9 Å². The smallest absolute Gasteiger partial charge is 0.350 e. The zero-order valence-electron chi connectivity index (χ0n) is 16.1. The lowest BCUT2D eigenvalue weighted by atomic mass is 10.3. The summed E-state index contributed by atoms with van der Waals surface area (Å²) < 4.78 is 14.5. The second kappa shape index (κ2) is 8.48. The molecule has 0 fully saturated rings. The molecule has 0 radical (unpaired) electrons. The van der Waals surface area contributed by atoms with Gasteiger partial charge in [0.25, 0.3) is 0 Å². The Bertz CT molecular complexity index is 1120. The van der Waals surface area contributed by atoms with Crippen LogP contribution >= 0.6 is 0 Å². The zero-order chi connectivity index (χ0) is 20.1. The van der Waals surface area contributed by atoms with Gasteiger partial charge in [0.2, 0.25) is 0 Å². The van der Waals surface area contributed by atoms with E-state index in [9.17, 15) is 4.79 Å². The predicted molar refractivity (Wildman–Crippen MR) is 111 cm³/mol. The maximum absolute atomic E-state index is 12.8. The Hall–Kier alpha value is -3.80. The van der Waals surface area contributed by atoms with Crippen molar-refractivity contribution in [2.24, 2.45) is 0 Å². The molecule has 1 aromatic heterocycles. The minimum atomic E-state index is -0.198. The molecular weight excluding hydrogens is 366 g/mol. The van der Waals surface area contributed by atoms with Gasteiger partial charge in [-0.2, -0.15) is 5.10 Å². The van der Waals surface area contributed by atoms with Crippen LogP contribution in [-0.2, 0) is 6.54 Å². The molecule has 0 aliphatic carbocycles. The Labute approximate surface area is 168 Å². The molecule has 0 saturated heterocycles. The first-order valence-corrected chi connectivity index (χ1v) is 9.38. The molecule has 0 aliphatic rings. The fourth-order valence-corrected chi connectivity index (χ4v) is 3.01. The van der Waals surface area contributed by atoms with E-state index in [0.29, 0.717) is 24.7 Å². The van der Waals surface area contributed by atoms with Gasteiger partial charge in [0.1, 0.15) is 29.7 Å². The van der Waals surface area contributed by atoms with Crippen LogP contribution in [0.3, 0.4) is 0 Å². The van der Waals surface area contributed by atoms with Gasteiger partial charge in [-0.15, -0.1) is 0 Å². The molecule has 6 nitrogen and oxygen atoms in total. The number of para-hydroxylation sites is 2. The fraction of sp³-hybridized carbons (Fsp3) is 0.130. The lowest BCUT2D eigenvalue weighted by Gasteiger charge is -2.07. The molecule has 0 unspecified atom stereocenters. The molecule has 6 heteroatoms. The average molecular weight is 387 g/mol. The van der Waals surface area contributed by atoms with Crippen LogP contribution in [0.25, 0.3) is 5.69 Å². The van der Waals surface area contributed by atoms with Crippen molar-refractivity contribution in [1.82, 2.24) is 14.3 Å². The van der Waals surface area contributed by atoms with Gasteiger partial charge in [-0.1, -0.05) is 36.4 Å². The topological polar surface area (TPSA) is 58.3 Å². The maximum atomic E-state index is 12.8. The summed E-state index contributed by atoms with van der Waals surface area (Å²) in [4.78, 5) is 12.8. The molecule has 0 aliphatic heterocycles. The largest absolute Gasteiger partial charge is 0.492 e. The van der Waals surface area contributed by atoms with E-state index in [0.717, 1.165) is 17.2 Å². The van der Waals surface area contributed by atoms with Crippen LogP contribution in [0.1, 0.15) is 5.82 Å². The Morgan fingerprint density at radius 1 is 0.793 bits per heavy atom. The lowest BCUT2D eigenvalue weighted by Crippen LogP contribution is -2.26. The Kier molecular flexibility index (Phi) is 5.42. The standard InChI is InChI=1S/C23H21N3O3/c1-18-24-25(16-17-28-20-8-4-2-5-9-20)23(27)26(18)19-12-14-22(15-13-19)29-21-10-6-3-7-11-21/h2-15H,16-17H2,1H3. The first-order chi connectivity index (χ1) is 14.2. The quantitative estimate of drug-likeness (QED) is 0.477. The van der Waals surface area contributed by atoms with Crippen molar-refractivity contribution in [1.29, 1.82) is 0 Å². The summed E-state index contributed by atoms with van der Waals surface area (Å²) in [5, 5.41) is 4.36. The molecule has 3 aromatic carbocycles. The summed E-state index contributed by atoms with van der Waals surface area (Å²) in [6.45, 7) is 2.55. The third-order valence-corrected chi connectivity index (χ3v) is 4.39. The Morgan fingerprint density at radius 3 is 2.03 bits per heavy atom. The first-order valence-electron chi connectivity index (χ1n) is 9.38. The molecule has 0 spiro atoms. The van der Waals surface area contributed by atoms with Gasteiger partial charge in [-0.3, -0.25) is 0 Å². The number of aromatic nitrogens is 3. The molecule has 0 bridgehead atoms. The number of aryl methyl sites for hydroxylation is 1. The molecule has 146 valence electrons. The van der Waals surface area contributed by atoms with Crippen LogP contribution in [0.4, 0.5) is 0 Å². The third-order valence-electron chi connectivity index (χ3n) is 4.39. The van der Waals surface area contributed by atoms with Crippen LogP contribution in [0.15, 0.2) is 89.7 Å². The molecule has 1 heterocycles. The van der Waals surface area contributed by atoms with Crippen LogP contribution in [0.5, 0.6) is 17.2 Å². The zero-order valence-corrected chi connectivity index (χ0v) is 16.1. The first kappa shape index (κ1) is 18.6. The van der Waals surface area contributed by atoms with E-state index in [1.54, 1.807) is 4.57 Å². The van der Waals surface area contributed by atoms with E-state index < -0.39 is 0 Å². The maximum Gasteiger partial charge on any atom is 0.350 e. The lowest BCUT2D eigenvalue weighted by molar-refractivity contribution is 0.288. The molecule has 4 aromatic rings. The van der Waals surface area contributed by atoms with Crippen molar-refractivity contribution < 1.29 is 9.47 Å². The van der Waals surface area contributed by atoms with Gasteiger partial charge >= 0.3 is 5.69 Å². The van der Waals surface area contributed by atoms with Crippen molar-refractivity contribution >= 4 is 0 Å². The number of ether oxygens (including phenoxy) is 2. The van der Waals surface area contributed by atoms with E-state index in [1.165, 1.54) is 4.68 Å². The highest BCUT2D eigenvalue weighted by atomic mass is 16.5. The third kappa shape index (κ3) is 4.38. The Morgan fingerprint density at radius 2 is 1.38 bits per heavy atom. The SMILES string of the molecule is Cc1nn(CCOc2ccccc2)c(=O)n1-c1ccc(Oc2ccccc2)cc1. The van der Waals surface area contributed by atoms with Gasteiger partial charge in [-0.05, 0) is 55.5 Å². The molecule has 0 amide bonds. The summed E-state index contributed by atoms with van der Waals surface area (Å²) in [6, 6.07) is 26.4. The monoisotopic (exact) mass is 387 g/mol. The van der Waals surface area contributed by atoms with Crippen LogP contribution in [0, 0.1) is 6.92 Å². The number of benzene rings is 3. The highest BCUT2D eigenvalue weighted by Crippen LogP contribution is 2.22. The number of rotatable bonds is 7. The summed E-state index contributed by atoms with van der Waals surface area (Å²) in [5.41, 5.74) is 0.541. The van der Waals surface area contributed by atoms with E-state index in [2.05, 4.69) is 5.10 Å². The van der Waals surface area contributed by atoms with Crippen molar-refractivity contribution in [2.75, 3.05) is 6.61 Å². The van der Waals surface area contributed by atoms with Crippen molar-refractivity contribution in [3.05, 3.63) is 101 Å². The van der Waals surface area contributed by atoms with Crippen LogP contribution in [-0.4, -0.2) is 21.0 Å². The molecule has 29 heavy (non-hydrogen) atoms. The van der Waals surface area contributed by atoms with E-state index in [4.69, 9.17) is 9.47 Å². The molecule has 0 atom stereocenters. The summed E-state index contributed by atoms with van der Waals surface area (Å²) in [6.07, 6.45) is 0. The summed E-state index contributed by atoms with van der Waals surface area (Å²) in [7, 11) is 0. The number of nitrogens with zero attached hydrogens (tertiary/aromatic N) is 3. The van der Waals surface area contributed by atoms with Gasteiger partial charge < -0.3 is 9.47 Å². The Balaban J connectivity index is 1.46. The second-order valence-electron chi connectivity index (χ2n) is 6.46. The minimum Gasteiger partial charge on any atom is -0.492 e. The summed E-state index contributed by atoms with van der Waals surface area (Å²) in [5.74, 6) is 2.85.